The van der Waals surface area contributed by atoms with Gasteiger partial charge < -0.3 is 9.47 Å². The van der Waals surface area contributed by atoms with Crippen molar-refractivity contribution in [2.24, 2.45) is 41.4 Å². The van der Waals surface area contributed by atoms with Gasteiger partial charge in [0.05, 0.1) is 0 Å². The summed E-state index contributed by atoms with van der Waals surface area (Å²) in [7, 11) is 0. The molecule has 0 amide bonds. The summed E-state index contributed by atoms with van der Waals surface area (Å²) < 4.78 is 12.7. The Labute approximate surface area is 267 Å². The van der Waals surface area contributed by atoms with Gasteiger partial charge in [0.15, 0.2) is 0 Å². The van der Waals surface area contributed by atoms with Gasteiger partial charge in [-0.1, -0.05) is 123 Å². The molecule has 0 spiro atoms. The monoisotopic (exact) mass is 678 g/mol. The number of hydrogen-bond acceptors (Lipinski definition) is 2. The van der Waals surface area contributed by atoms with Crippen LogP contribution in [0.1, 0.15) is 171 Å². The van der Waals surface area contributed by atoms with E-state index in [1.807, 2.05) is 0 Å². The largest absolute Gasteiger partial charge is 0.355 e. The Morgan fingerprint density at radius 2 is 0.775 bits per heavy atom. The fourth-order valence-electron chi connectivity index (χ4n) is 7.31. The van der Waals surface area contributed by atoms with Crippen LogP contribution < -0.4 is 0 Å². The van der Waals surface area contributed by atoms with Crippen molar-refractivity contribution in [2.75, 3.05) is 24.4 Å². The van der Waals surface area contributed by atoms with Crippen LogP contribution in [0.4, 0.5) is 0 Å². The summed E-state index contributed by atoms with van der Waals surface area (Å²) in [4.78, 5) is 0. The third-order valence-corrected chi connectivity index (χ3v) is 9.72. The lowest BCUT2D eigenvalue weighted by Crippen LogP contribution is -2.14. The number of hydrogen-bond donors (Lipinski definition) is 0. The van der Waals surface area contributed by atoms with E-state index in [4.69, 9.17) is 9.47 Å². The SMILES string of the molecule is CCCCCCCCCCOCOCCCC(C)CC(C)CC(C)CC(C)CC(C)CC(C)CC(C)CCCI. The number of unbranched alkanes of at least 4 members (excludes halogenated alkanes) is 7. The first-order valence-corrected chi connectivity index (χ1v) is 19.4. The van der Waals surface area contributed by atoms with Gasteiger partial charge in [0, 0.05) is 13.2 Å². The lowest BCUT2D eigenvalue weighted by molar-refractivity contribution is -0.0561. The van der Waals surface area contributed by atoms with Gasteiger partial charge in [-0.25, -0.2) is 0 Å². The first kappa shape index (κ1) is 40.6. The Bertz CT molecular complexity index is 512. The number of halogens is 1. The standard InChI is InChI=1S/C37H75IO2/c1-9-10-11-12-13-14-15-16-22-39-30-40-23-18-20-32(3)25-34(5)27-36(7)29-37(8)28-35(6)26-33(4)24-31(2)19-17-21-38/h31-37H,9-30H2,1-8H3. The maximum absolute atomic E-state index is 5.74. The first-order chi connectivity index (χ1) is 19.2. The van der Waals surface area contributed by atoms with Gasteiger partial charge in [0.2, 0.25) is 0 Å². The quantitative estimate of drug-likeness (QED) is 0.0326. The summed E-state index contributed by atoms with van der Waals surface area (Å²) in [6, 6.07) is 0. The smallest absolute Gasteiger partial charge is 0.146 e. The van der Waals surface area contributed by atoms with Gasteiger partial charge in [0.25, 0.3) is 0 Å². The van der Waals surface area contributed by atoms with Crippen molar-refractivity contribution >= 4 is 22.6 Å². The molecule has 0 aliphatic heterocycles. The summed E-state index contributed by atoms with van der Waals surface area (Å²) in [6.45, 7) is 21.8. The van der Waals surface area contributed by atoms with E-state index in [0.29, 0.717) is 6.79 Å². The fourth-order valence-corrected chi connectivity index (χ4v) is 7.75. The molecule has 0 aliphatic rings. The van der Waals surface area contributed by atoms with E-state index in [9.17, 15) is 0 Å². The molecule has 3 heteroatoms. The lowest BCUT2D eigenvalue weighted by atomic mass is 9.80. The Kier molecular flexibility index (Phi) is 28.9. The Hall–Kier alpha value is 0.650. The molecule has 7 atom stereocenters. The molecule has 0 aromatic heterocycles. The molecule has 242 valence electrons. The molecule has 40 heavy (non-hydrogen) atoms. The zero-order valence-electron chi connectivity index (χ0n) is 28.8. The molecule has 0 aromatic rings. The molecule has 0 N–H and O–H groups in total. The zero-order chi connectivity index (χ0) is 30.0. The number of rotatable bonds is 30. The van der Waals surface area contributed by atoms with Crippen LogP contribution in [0, 0.1) is 41.4 Å². The number of ether oxygens (including phenoxy) is 2. The van der Waals surface area contributed by atoms with E-state index >= 15 is 0 Å². The van der Waals surface area contributed by atoms with E-state index in [2.05, 4.69) is 78.0 Å². The molecule has 0 saturated carbocycles. The lowest BCUT2D eigenvalue weighted by Gasteiger charge is -2.26. The van der Waals surface area contributed by atoms with Crippen LogP contribution in [-0.4, -0.2) is 24.4 Å². The van der Waals surface area contributed by atoms with Gasteiger partial charge in [-0.15, -0.1) is 0 Å². The normalized spacial score (nSPS) is 17.3. The Morgan fingerprint density at radius 3 is 1.20 bits per heavy atom. The van der Waals surface area contributed by atoms with Crippen LogP contribution in [0.3, 0.4) is 0 Å². The van der Waals surface area contributed by atoms with E-state index in [1.165, 1.54) is 114 Å². The highest BCUT2D eigenvalue weighted by atomic mass is 127. The van der Waals surface area contributed by atoms with Gasteiger partial charge in [-0.3, -0.25) is 0 Å². The molecule has 0 heterocycles. The topological polar surface area (TPSA) is 18.5 Å². The third-order valence-electron chi connectivity index (χ3n) is 8.95. The Balaban J connectivity index is 3.77. The van der Waals surface area contributed by atoms with Crippen molar-refractivity contribution in [1.29, 1.82) is 0 Å². The summed E-state index contributed by atoms with van der Waals surface area (Å²) in [6.07, 6.45) is 24.4. The van der Waals surface area contributed by atoms with Gasteiger partial charge in [-0.05, 0) is 116 Å². The van der Waals surface area contributed by atoms with Crippen LogP contribution >= 0.6 is 22.6 Å². The molecule has 0 radical (unpaired) electrons. The average molecular weight is 679 g/mol. The second-order valence-corrected chi connectivity index (χ2v) is 15.6. The minimum Gasteiger partial charge on any atom is -0.355 e. The van der Waals surface area contributed by atoms with Crippen LogP contribution in [0.15, 0.2) is 0 Å². The molecular formula is C37H75IO2. The molecule has 2 nitrogen and oxygen atoms in total. The third kappa shape index (κ3) is 27.5. The highest BCUT2D eigenvalue weighted by molar-refractivity contribution is 14.1. The average Bonchev–Trinajstić information content (AvgIpc) is 2.86. The first-order valence-electron chi connectivity index (χ1n) is 17.9. The van der Waals surface area contributed by atoms with E-state index in [-0.39, 0.29) is 0 Å². The molecule has 0 fully saturated rings. The molecule has 0 saturated heterocycles. The minimum absolute atomic E-state index is 0.479. The predicted molar refractivity (Wildman–Crippen MR) is 189 cm³/mol. The van der Waals surface area contributed by atoms with E-state index in [1.54, 1.807) is 0 Å². The maximum atomic E-state index is 5.74. The highest BCUT2D eigenvalue weighted by Crippen LogP contribution is 2.30. The molecule has 0 rings (SSSR count). The van der Waals surface area contributed by atoms with Gasteiger partial charge >= 0.3 is 0 Å². The van der Waals surface area contributed by atoms with Crippen molar-refractivity contribution in [3.63, 3.8) is 0 Å². The van der Waals surface area contributed by atoms with Gasteiger partial charge in [-0.2, -0.15) is 0 Å². The van der Waals surface area contributed by atoms with Crippen LogP contribution in [0.5, 0.6) is 0 Å². The summed E-state index contributed by atoms with van der Waals surface area (Å²) in [5, 5.41) is 0. The van der Waals surface area contributed by atoms with Crippen LogP contribution in [-0.2, 0) is 9.47 Å². The highest BCUT2D eigenvalue weighted by Gasteiger charge is 2.18. The van der Waals surface area contributed by atoms with Crippen molar-refractivity contribution in [2.45, 2.75) is 171 Å². The van der Waals surface area contributed by atoms with Crippen molar-refractivity contribution in [3.05, 3.63) is 0 Å². The van der Waals surface area contributed by atoms with Gasteiger partial charge in [0.1, 0.15) is 6.79 Å². The zero-order valence-corrected chi connectivity index (χ0v) is 30.9. The van der Waals surface area contributed by atoms with Crippen molar-refractivity contribution < 1.29 is 9.47 Å². The molecule has 0 aromatic carbocycles. The fraction of sp³-hybridized carbons (Fsp3) is 1.00. The summed E-state index contributed by atoms with van der Waals surface area (Å²) >= 11 is 2.52. The maximum Gasteiger partial charge on any atom is 0.146 e. The molecule has 0 bridgehead atoms. The second kappa shape index (κ2) is 28.4. The van der Waals surface area contributed by atoms with E-state index < -0.39 is 0 Å². The molecular weight excluding hydrogens is 603 g/mol. The minimum atomic E-state index is 0.479. The van der Waals surface area contributed by atoms with E-state index in [0.717, 1.165) is 61.1 Å². The predicted octanol–water partition coefficient (Wildman–Crippen LogP) is 12.9. The Morgan fingerprint density at radius 1 is 0.425 bits per heavy atom. The van der Waals surface area contributed by atoms with Crippen LogP contribution in [0.25, 0.3) is 0 Å². The summed E-state index contributed by atoms with van der Waals surface area (Å²) in [5.74, 6) is 5.96. The second-order valence-electron chi connectivity index (χ2n) is 14.5. The number of alkyl halides is 1. The molecule has 7 unspecified atom stereocenters. The van der Waals surface area contributed by atoms with Crippen LogP contribution in [0.2, 0.25) is 0 Å². The van der Waals surface area contributed by atoms with Crippen molar-refractivity contribution in [1.82, 2.24) is 0 Å². The van der Waals surface area contributed by atoms with Crippen molar-refractivity contribution in [3.8, 4) is 0 Å². The molecule has 0 aliphatic carbocycles. The summed E-state index contributed by atoms with van der Waals surface area (Å²) in [5.41, 5.74) is 0.